The number of benzene rings is 5. The molecule has 2 aliphatic rings. The number of thiazole rings is 1. The summed E-state index contributed by atoms with van der Waals surface area (Å²) in [7, 11) is 0. The minimum absolute atomic E-state index is 0.0329. The van der Waals surface area contributed by atoms with Crippen LogP contribution in [0.25, 0.3) is 0 Å². The molecule has 0 saturated carbocycles. The Morgan fingerprint density at radius 2 is 1.36 bits per heavy atom. The Hall–Kier alpha value is -5.50. The summed E-state index contributed by atoms with van der Waals surface area (Å²) in [6, 6.07) is 50.9. The van der Waals surface area contributed by atoms with Crippen LogP contribution in [-0.4, -0.2) is 55.1 Å². The minimum Gasteiger partial charge on any atom is -0.391 e. The van der Waals surface area contributed by atoms with Crippen molar-refractivity contribution in [3.05, 3.63) is 215 Å². The van der Waals surface area contributed by atoms with Crippen LogP contribution in [0.5, 0.6) is 0 Å². The minimum atomic E-state index is -0.823. The summed E-state index contributed by atoms with van der Waals surface area (Å²) in [5.41, 5.74) is 6.06. The summed E-state index contributed by atoms with van der Waals surface area (Å²) in [5, 5.41) is 13.1. The molecule has 3 atom stereocenters. The largest absolute Gasteiger partial charge is 0.391 e. The number of carbonyl (C=O) groups excluding carboxylic acids is 2. The molecule has 8 rings (SSSR count). The monoisotopic (exact) mass is 913 g/mol. The van der Waals surface area contributed by atoms with Crippen LogP contribution in [0.15, 0.2) is 187 Å². The number of nitrogens with zero attached hydrogens (tertiary/aromatic N) is 3. The summed E-state index contributed by atoms with van der Waals surface area (Å²) in [6.45, 7) is 3.82. The van der Waals surface area contributed by atoms with Crippen molar-refractivity contribution >= 4 is 68.3 Å². The van der Waals surface area contributed by atoms with E-state index in [0.29, 0.717) is 10.8 Å². The molecular weight excluding hydrogens is 874 g/mol. The van der Waals surface area contributed by atoms with Gasteiger partial charge in [0.05, 0.1) is 0 Å². The van der Waals surface area contributed by atoms with Crippen LogP contribution < -0.4 is 10.6 Å². The highest BCUT2D eigenvalue weighted by atomic mass is 127. The molecule has 1 aromatic heterocycles. The van der Waals surface area contributed by atoms with Crippen molar-refractivity contribution in [1.29, 1.82) is 0 Å². The van der Waals surface area contributed by atoms with Crippen LogP contribution in [0.4, 0.5) is 5.13 Å². The van der Waals surface area contributed by atoms with Gasteiger partial charge in [0.15, 0.2) is 10.8 Å². The average molecular weight is 914 g/mol. The highest BCUT2D eigenvalue weighted by Gasteiger charge is 2.53. The highest BCUT2D eigenvalue weighted by Crippen LogP contribution is 2.48. The van der Waals surface area contributed by atoms with Crippen LogP contribution in [0.1, 0.15) is 39.4 Å². The standard InChI is InChI=1S/C47H40IN5O3S2/c1-2-28-56-52-40(38-31-57-46(49-38)51-47(35-22-12-5-13-23-35,36-24-14-6-15-25-36)37-26-16-7-17-27-37)43(54)50-41-44(55)53-30-34(29-48)42(58-45(41)53)39(32-18-8-3-9-19-32)33-20-10-4-11-21-33/h2-27,30-31,39,41-42,45H,1,28-29H2,(H,49,51)(H,50,54)/t41?,42?,45-/m1/s1. The van der Waals surface area contributed by atoms with E-state index in [-0.39, 0.29) is 34.8 Å². The molecule has 1 saturated heterocycles. The Balaban J connectivity index is 1.09. The number of amides is 2. The fourth-order valence-electron chi connectivity index (χ4n) is 7.61. The molecule has 1 fully saturated rings. The topological polar surface area (TPSA) is 95.9 Å². The molecule has 8 nitrogen and oxygen atoms in total. The molecule has 2 unspecified atom stereocenters. The Bertz CT molecular complexity index is 2280. The van der Waals surface area contributed by atoms with E-state index in [2.05, 4.69) is 130 Å². The number of carbonyl (C=O) groups is 2. The maximum Gasteiger partial charge on any atom is 0.276 e. The van der Waals surface area contributed by atoms with Gasteiger partial charge in [0.1, 0.15) is 29.3 Å². The van der Waals surface area contributed by atoms with Gasteiger partial charge in [-0.15, -0.1) is 23.1 Å². The summed E-state index contributed by atoms with van der Waals surface area (Å²) in [5.74, 6) is -0.682. The number of halogens is 1. The highest BCUT2D eigenvalue weighted by molar-refractivity contribution is 14.1. The maximum atomic E-state index is 14.3. The predicted octanol–water partition coefficient (Wildman–Crippen LogP) is 9.37. The number of alkyl halides is 1. The number of fused-ring (bicyclic) bond motifs is 1. The summed E-state index contributed by atoms with van der Waals surface area (Å²) < 4.78 is 0.761. The molecule has 2 amide bonds. The zero-order valence-electron chi connectivity index (χ0n) is 31.4. The summed E-state index contributed by atoms with van der Waals surface area (Å²) in [4.78, 5) is 40.3. The SMILES string of the molecule is C=CCON=C(C(=O)NC1C(=O)N2C=C(CI)C(C(c3ccccc3)c3ccccc3)S[C@H]12)c1csc(NC(c2ccccc2)(c2ccccc2)c2ccccc2)n1. The third kappa shape index (κ3) is 7.86. The third-order valence-electron chi connectivity index (χ3n) is 10.3. The molecule has 2 aliphatic heterocycles. The van der Waals surface area contributed by atoms with Gasteiger partial charge in [-0.3, -0.25) is 9.59 Å². The second-order valence-electron chi connectivity index (χ2n) is 13.8. The predicted molar refractivity (Wildman–Crippen MR) is 243 cm³/mol. The average Bonchev–Trinajstić information content (AvgIpc) is 3.75. The van der Waals surface area contributed by atoms with Gasteiger partial charge in [-0.2, -0.15) is 0 Å². The van der Waals surface area contributed by atoms with E-state index in [9.17, 15) is 9.59 Å². The van der Waals surface area contributed by atoms with Crippen LogP contribution in [0.3, 0.4) is 0 Å². The lowest BCUT2D eigenvalue weighted by molar-refractivity contribution is -0.143. The first kappa shape index (κ1) is 39.3. The van der Waals surface area contributed by atoms with Gasteiger partial charge in [0.2, 0.25) is 0 Å². The Morgan fingerprint density at radius 1 is 0.845 bits per heavy atom. The van der Waals surface area contributed by atoms with Gasteiger partial charge in [-0.1, -0.05) is 192 Å². The molecular formula is C47H40IN5O3S2. The fourth-order valence-corrected chi connectivity index (χ4v) is 11.1. The number of β-lactam (4-membered cyclic amide) rings is 1. The van der Waals surface area contributed by atoms with E-state index < -0.39 is 17.5 Å². The lowest BCUT2D eigenvalue weighted by Crippen LogP contribution is -2.69. The molecule has 3 heterocycles. The number of rotatable bonds is 15. The van der Waals surface area contributed by atoms with E-state index in [0.717, 1.165) is 26.7 Å². The lowest BCUT2D eigenvalue weighted by Gasteiger charge is -2.50. The Morgan fingerprint density at radius 3 is 1.86 bits per heavy atom. The van der Waals surface area contributed by atoms with E-state index >= 15 is 0 Å². The molecule has 6 aromatic rings. The van der Waals surface area contributed by atoms with Crippen molar-refractivity contribution in [2.24, 2.45) is 5.16 Å². The van der Waals surface area contributed by atoms with Crippen LogP contribution >= 0.6 is 45.7 Å². The van der Waals surface area contributed by atoms with Gasteiger partial charge in [0.25, 0.3) is 11.8 Å². The van der Waals surface area contributed by atoms with Crippen molar-refractivity contribution in [3.8, 4) is 0 Å². The second-order valence-corrected chi connectivity index (χ2v) is 16.7. The molecule has 2 N–H and O–H groups in total. The second kappa shape index (κ2) is 18.0. The first-order valence-electron chi connectivity index (χ1n) is 18.9. The van der Waals surface area contributed by atoms with Crippen molar-refractivity contribution < 1.29 is 14.4 Å². The zero-order valence-corrected chi connectivity index (χ0v) is 35.1. The molecule has 58 heavy (non-hydrogen) atoms. The number of thioether (sulfide) groups is 1. The molecule has 0 bridgehead atoms. The van der Waals surface area contributed by atoms with Crippen molar-refractivity contribution in [2.75, 3.05) is 16.4 Å². The van der Waals surface area contributed by atoms with Gasteiger partial charge in [0, 0.05) is 27.2 Å². The Labute approximate surface area is 360 Å². The molecule has 0 spiro atoms. The smallest absolute Gasteiger partial charge is 0.276 e. The first-order chi connectivity index (χ1) is 28.5. The summed E-state index contributed by atoms with van der Waals surface area (Å²) >= 11 is 5.45. The molecule has 5 aromatic carbocycles. The van der Waals surface area contributed by atoms with Crippen LogP contribution in [0.2, 0.25) is 0 Å². The van der Waals surface area contributed by atoms with E-state index in [1.807, 2.05) is 72.9 Å². The van der Waals surface area contributed by atoms with Crippen molar-refractivity contribution in [3.63, 3.8) is 0 Å². The van der Waals surface area contributed by atoms with Crippen molar-refractivity contribution in [2.45, 2.75) is 28.1 Å². The molecule has 0 aliphatic carbocycles. The number of nitrogens with one attached hydrogen (secondary N) is 2. The molecule has 11 heteroatoms. The lowest BCUT2D eigenvalue weighted by atomic mass is 9.77. The van der Waals surface area contributed by atoms with E-state index in [4.69, 9.17) is 9.82 Å². The number of hydrogen-bond acceptors (Lipinski definition) is 8. The van der Waals surface area contributed by atoms with Crippen molar-refractivity contribution in [1.82, 2.24) is 15.2 Å². The number of aromatic nitrogens is 1. The number of hydrogen-bond donors (Lipinski definition) is 2. The Kier molecular flexibility index (Phi) is 12.2. The fraction of sp³-hybridized carbons (Fsp3) is 0.149. The van der Waals surface area contributed by atoms with Crippen LogP contribution in [0, 0.1) is 0 Å². The quantitative estimate of drug-likeness (QED) is 0.0156. The van der Waals surface area contributed by atoms with Gasteiger partial charge in [-0.25, -0.2) is 4.98 Å². The van der Waals surface area contributed by atoms with E-state index in [1.54, 1.807) is 28.1 Å². The van der Waals surface area contributed by atoms with Crippen LogP contribution in [-0.2, 0) is 20.0 Å². The maximum absolute atomic E-state index is 14.3. The normalized spacial score (nSPS) is 17.8. The van der Waals surface area contributed by atoms with E-state index in [1.165, 1.54) is 22.5 Å². The molecule has 290 valence electrons. The van der Waals surface area contributed by atoms with Gasteiger partial charge >= 0.3 is 0 Å². The molecule has 0 radical (unpaired) electrons. The van der Waals surface area contributed by atoms with Gasteiger partial charge in [-0.05, 0) is 33.4 Å². The number of anilines is 1. The zero-order chi connectivity index (χ0) is 39.9. The first-order valence-corrected chi connectivity index (χ1v) is 22.2. The third-order valence-corrected chi connectivity index (χ3v) is 13.6. The van der Waals surface area contributed by atoms with Gasteiger partial charge < -0.3 is 20.4 Å². The summed E-state index contributed by atoms with van der Waals surface area (Å²) in [6.07, 6.45) is 3.54. The number of oxime groups is 1.